The average molecular weight is 248 g/mol. The summed E-state index contributed by atoms with van der Waals surface area (Å²) in [7, 11) is 0. The zero-order valence-corrected chi connectivity index (χ0v) is 9.21. The molecule has 0 saturated carbocycles. The molecule has 0 unspecified atom stereocenters. The first-order valence-electron chi connectivity index (χ1n) is 3.92. The fourth-order valence-electron chi connectivity index (χ4n) is 1.08. The van der Waals surface area contributed by atoms with E-state index >= 15 is 0 Å². The van der Waals surface area contributed by atoms with E-state index in [4.69, 9.17) is 28.7 Å². The standard InChI is InChI=1S/C9H7Cl2NO3/c1-5(13)6-3-2-4-7(8(6)10)9(12-14)15-11/h2-4,14H,1H3. The molecular weight excluding hydrogens is 241 g/mol. The molecule has 0 aliphatic heterocycles. The van der Waals surface area contributed by atoms with Gasteiger partial charge in [0.1, 0.15) is 11.9 Å². The molecule has 1 N–H and O–H groups in total. The van der Waals surface area contributed by atoms with Crippen molar-refractivity contribution in [1.29, 1.82) is 0 Å². The lowest BCUT2D eigenvalue weighted by Crippen LogP contribution is -2.05. The topological polar surface area (TPSA) is 58.9 Å². The minimum Gasteiger partial charge on any atom is -0.408 e. The highest BCUT2D eigenvalue weighted by Gasteiger charge is 2.15. The molecule has 6 heteroatoms. The third-order valence-corrected chi connectivity index (χ3v) is 2.33. The summed E-state index contributed by atoms with van der Waals surface area (Å²) in [5.74, 6) is -0.460. The van der Waals surface area contributed by atoms with E-state index in [9.17, 15) is 4.79 Å². The Bertz CT molecular complexity index is 418. The fraction of sp³-hybridized carbons (Fsp3) is 0.111. The Morgan fingerprint density at radius 2 is 2.07 bits per heavy atom. The number of benzene rings is 1. The maximum absolute atomic E-state index is 11.2. The lowest BCUT2D eigenvalue weighted by molar-refractivity contribution is 0.101. The van der Waals surface area contributed by atoms with Gasteiger partial charge in [0, 0.05) is 5.56 Å². The van der Waals surface area contributed by atoms with Crippen molar-refractivity contribution >= 4 is 35.1 Å². The molecule has 1 aromatic carbocycles. The van der Waals surface area contributed by atoms with Gasteiger partial charge in [0.15, 0.2) is 5.78 Å². The summed E-state index contributed by atoms with van der Waals surface area (Å²) in [4.78, 5) is 11.2. The highest BCUT2D eigenvalue weighted by atomic mass is 35.5. The van der Waals surface area contributed by atoms with Gasteiger partial charge in [-0.2, -0.15) is 0 Å². The minimum atomic E-state index is -0.259. The maximum atomic E-state index is 11.2. The number of carbonyl (C=O) groups excluding carboxylic acids is 1. The molecule has 0 aliphatic rings. The molecule has 1 rings (SSSR count). The first-order valence-corrected chi connectivity index (χ1v) is 4.61. The predicted octanol–water partition coefficient (Wildman–Crippen LogP) is 2.85. The van der Waals surface area contributed by atoms with Gasteiger partial charge in [-0.25, -0.2) is 0 Å². The highest BCUT2D eigenvalue weighted by Crippen LogP contribution is 2.23. The van der Waals surface area contributed by atoms with Crippen molar-refractivity contribution in [2.45, 2.75) is 6.92 Å². The Morgan fingerprint density at radius 3 is 2.53 bits per heavy atom. The number of hydrogen-bond acceptors (Lipinski definition) is 4. The Kier molecular flexibility index (Phi) is 3.94. The van der Waals surface area contributed by atoms with Crippen LogP contribution in [0.4, 0.5) is 0 Å². The number of rotatable bonds is 2. The predicted molar refractivity (Wildman–Crippen MR) is 56.7 cm³/mol. The molecule has 0 amide bonds. The van der Waals surface area contributed by atoms with E-state index in [0.717, 1.165) is 0 Å². The van der Waals surface area contributed by atoms with E-state index in [-0.39, 0.29) is 22.3 Å². The quantitative estimate of drug-likeness (QED) is 0.288. The van der Waals surface area contributed by atoms with Crippen molar-refractivity contribution in [3.63, 3.8) is 0 Å². The number of hydrogen-bond donors (Lipinski definition) is 1. The Labute approximate surface area is 96.2 Å². The summed E-state index contributed by atoms with van der Waals surface area (Å²) in [6, 6.07) is 4.66. The number of nitrogens with zero attached hydrogens (tertiary/aromatic N) is 1. The van der Waals surface area contributed by atoms with Crippen molar-refractivity contribution in [3.05, 3.63) is 34.3 Å². The molecule has 0 saturated heterocycles. The molecule has 0 aliphatic carbocycles. The lowest BCUT2D eigenvalue weighted by Gasteiger charge is -2.05. The summed E-state index contributed by atoms with van der Waals surface area (Å²) >= 11 is 11.0. The second-order valence-electron chi connectivity index (χ2n) is 2.71. The normalized spacial score (nSPS) is 11.3. The van der Waals surface area contributed by atoms with Gasteiger partial charge < -0.3 is 9.50 Å². The van der Waals surface area contributed by atoms with Crippen LogP contribution in [0.2, 0.25) is 5.02 Å². The minimum absolute atomic E-state index is 0.137. The van der Waals surface area contributed by atoms with Gasteiger partial charge in [-0.3, -0.25) is 4.79 Å². The van der Waals surface area contributed by atoms with Crippen molar-refractivity contribution in [2.24, 2.45) is 5.16 Å². The molecule has 0 spiro atoms. The maximum Gasteiger partial charge on any atom is 0.280 e. The summed E-state index contributed by atoms with van der Waals surface area (Å²) in [5.41, 5.74) is 0.561. The van der Waals surface area contributed by atoms with Crippen LogP contribution in [0.1, 0.15) is 22.8 Å². The number of oxime groups is 1. The summed E-state index contributed by atoms with van der Waals surface area (Å²) in [6.07, 6.45) is 0. The van der Waals surface area contributed by atoms with E-state index in [1.54, 1.807) is 12.1 Å². The van der Waals surface area contributed by atoms with Gasteiger partial charge in [0.25, 0.3) is 5.90 Å². The van der Waals surface area contributed by atoms with Crippen molar-refractivity contribution < 1.29 is 14.3 Å². The molecule has 0 aromatic heterocycles. The monoisotopic (exact) mass is 247 g/mol. The van der Waals surface area contributed by atoms with Gasteiger partial charge in [-0.05, 0) is 24.2 Å². The molecular formula is C9H7Cl2NO3. The van der Waals surface area contributed by atoms with Crippen molar-refractivity contribution in [2.75, 3.05) is 0 Å². The van der Waals surface area contributed by atoms with E-state index in [1.807, 2.05) is 0 Å². The number of halogens is 2. The lowest BCUT2D eigenvalue weighted by atomic mass is 10.1. The Hall–Kier alpha value is -1.26. The number of Topliss-reactive ketones (excluding diaryl/α,β-unsaturated/α-hetero) is 1. The smallest absolute Gasteiger partial charge is 0.280 e. The average Bonchev–Trinajstić information content (AvgIpc) is 2.21. The second kappa shape index (κ2) is 5.00. The Morgan fingerprint density at radius 1 is 1.47 bits per heavy atom. The summed E-state index contributed by atoms with van der Waals surface area (Å²) in [6.45, 7) is 1.38. The number of carbonyl (C=O) groups is 1. The molecule has 80 valence electrons. The van der Waals surface area contributed by atoms with Crippen LogP contribution in [0.15, 0.2) is 23.4 Å². The number of ketones is 1. The molecule has 0 atom stereocenters. The molecule has 0 radical (unpaired) electrons. The third kappa shape index (κ3) is 2.40. The van der Waals surface area contributed by atoms with Crippen LogP contribution in [-0.4, -0.2) is 16.9 Å². The third-order valence-electron chi connectivity index (χ3n) is 1.77. The van der Waals surface area contributed by atoms with E-state index in [1.165, 1.54) is 13.0 Å². The van der Waals surface area contributed by atoms with Crippen molar-refractivity contribution in [3.8, 4) is 0 Å². The zero-order valence-electron chi connectivity index (χ0n) is 7.70. The van der Waals surface area contributed by atoms with Crippen LogP contribution in [-0.2, 0) is 4.29 Å². The molecule has 15 heavy (non-hydrogen) atoms. The molecule has 0 bridgehead atoms. The van der Waals surface area contributed by atoms with Crippen LogP contribution in [0.3, 0.4) is 0 Å². The Balaban J connectivity index is 3.32. The molecule has 4 nitrogen and oxygen atoms in total. The highest BCUT2D eigenvalue weighted by molar-refractivity contribution is 6.37. The molecule has 1 aromatic rings. The fourth-order valence-corrected chi connectivity index (χ4v) is 1.53. The van der Waals surface area contributed by atoms with Gasteiger partial charge in [0.2, 0.25) is 0 Å². The van der Waals surface area contributed by atoms with Crippen molar-refractivity contribution in [1.82, 2.24) is 0 Å². The first-order chi connectivity index (χ1) is 7.11. The van der Waals surface area contributed by atoms with Gasteiger partial charge in [-0.15, -0.1) is 0 Å². The summed E-state index contributed by atoms with van der Waals surface area (Å²) in [5, 5.41) is 11.5. The van der Waals surface area contributed by atoms with Crippen LogP contribution in [0, 0.1) is 0 Å². The van der Waals surface area contributed by atoms with E-state index in [2.05, 4.69) is 9.45 Å². The van der Waals surface area contributed by atoms with Crippen LogP contribution < -0.4 is 0 Å². The van der Waals surface area contributed by atoms with E-state index < -0.39 is 0 Å². The van der Waals surface area contributed by atoms with Gasteiger partial charge in [-0.1, -0.05) is 17.7 Å². The van der Waals surface area contributed by atoms with Crippen LogP contribution in [0.25, 0.3) is 0 Å². The first kappa shape index (κ1) is 11.8. The zero-order chi connectivity index (χ0) is 11.4. The van der Waals surface area contributed by atoms with Gasteiger partial charge >= 0.3 is 0 Å². The molecule has 0 fully saturated rings. The molecule has 0 heterocycles. The van der Waals surface area contributed by atoms with Crippen LogP contribution in [0.5, 0.6) is 0 Å². The van der Waals surface area contributed by atoms with E-state index in [0.29, 0.717) is 5.56 Å². The van der Waals surface area contributed by atoms with Crippen LogP contribution >= 0.6 is 23.5 Å². The largest absolute Gasteiger partial charge is 0.408 e. The SMILES string of the molecule is CC(=O)c1cccc(C(=NO)OCl)c1Cl. The summed E-state index contributed by atoms with van der Waals surface area (Å²) < 4.78 is 4.28. The second-order valence-corrected chi connectivity index (χ2v) is 3.24. The van der Waals surface area contributed by atoms with Gasteiger partial charge in [0.05, 0.1) is 10.6 Å².